The van der Waals surface area contributed by atoms with Crippen molar-refractivity contribution in [3.63, 3.8) is 0 Å². The molecule has 0 aliphatic heterocycles. The number of rotatable bonds is 4. The van der Waals surface area contributed by atoms with E-state index in [9.17, 15) is 0 Å². The number of nitrogens with one attached hydrogen (secondary N) is 1. The molecule has 0 aliphatic carbocycles. The Hall–Kier alpha value is -3.05. The summed E-state index contributed by atoms with van der Waals surface area (Å²) in [5.41, 5.74) is 5.47. The van der Waals surface area contributed by atoms with Gasteiger partial charge < -0.3 is 5.32 Å². The first kappa shape index (κ1) is 15.5. The minimum absolute atomic E-state index is 0.589. The van der Waals surface area contributed by atoms with E-state index in [1.165, 1.54) is 11.1 Å². The number of aromatic nitrogens is 3. The molecule has 2 aromatic carbocycles. The Morgan fingerprint density at radius 2 is 1.64 bits per heavy atom. The average molecular weight is 344 g/mol. The van der Waals surface area contributed by atoms with Crippen molar-refractivity contribution < 1.29 is 0 Å². The van der Waals surface area contributed by atoms with Crippen LogP contribution in [0.1, 0.15) is 5.56 Å². The van der Waals surface area contributed by atoms with Crippen molar-refractivity contribution in [3.8, 4) is 21.8 Å². The lowest BCUT2D eigenvalue weighted by molar-refractivity contribution is 1.17. The molecule has 122 valence electrons. The van der Waals surface area contributed by atoms with E-state index in [4.69, 9.17) is 4.98 Å². The molecule has 0 fully saturated rings. The van der Waals surface area contributed by atoms with E-state index in [2.05, 4.69) is 64.0 Å². The summed E-state index contributed by atoms with van der Waals surface area (Å²) >= 11 is 1.67. The summed E-state index contributed by atoms with van der Waals surface area (Å²) in [7, 11) is 0. The maximum atomic E-state index is 4.80. The van der Waals surface area contributed by atoms with Crippen LogP contribution in [0.2, 0.25) is 0 Å². The summed E-state index contributed by atoms with van der Waals surface area (Å²) in [6.45, 7) is 2.11. The second kappa shape index (κ2) is 6.83. The van der Waals surface area contributed by atoms with Gasteiger partial charge in [-0.2, -0.15) is 0 Å². The van der Waals surface area contributed by atoms with E-state index in [0.29, 0.717) is 5.95 Å². The number of nitrogens with zero attached hydrogens (tertiary/aromatic N) is 3. The quantitative estimate of drug-likeness (QED) is 0.544. The highest BCUT2D eigenvalue weighted by atomic mass is 32.1. The summed E-state index contributed by atoms with van der Waals surface area (Å²) in [6, 6.07) is 18.3. The highest BCUT2D eigenvalue weighted by Gasteiger charge is 2.08. The molecule has 0 aliphatic rings. The maximum Gasteiger partial charge on any atom is 0.227 e. The zero-order valence-corrected chi connectivity index (χ0v) is 14.5. The van der Waals surface area contributed by atoms with Gasteiger partial charge in [0.2, 0.25) is 5.95 Å². The number of thiazole rings is 1. The van der Waals surface area contributed by atoms with Gasteiger partial charge >= 0.3 is 0 Å². The Morgan fingerprint density at radius 3 is 2.40 bits per heavy atom. The average Bonchev–Trinajstić information content (AvgIpc) is 3.13. The largest absolute Gasteiger partial charge is 0.324 e. The van der Waals surface area contributed by atoms with Crippen LogP contribution in [0.25, 0.3) is 21.8 Å². The Bertz CT molecular complexity index is 978. The second-order valence-electron chi connectivity index (χ2n) is 5.63. The van der Waals surface area contributed by atoms with Crippen LogP contribution in [-0.2, 0) is 0 Å². The van der Waals surface area contributed by atoms with Gasteiger partial charge in [-0.1, -0.05) is 36.4 Å². The highest BCUT2D eigenvalue weighted by molar-refractivity contribution is 7.13. The van der Waals surface area contributed by atoms with E-state index in [0.717, 1.165) is 22.0 Å². The molecule has 4 rings (SSSR count). The number of aryl methyl sites for hydroxylation is 1. The standard InChI is InChI=1S/C20H16N4S/c1-14-5-2-3-6-17(14)19-24-18(13-25-19)15-7-9-16(10-8-15)23-20-21-11-4-12-22-20/h2-13H,1H3,(H,21,22,23). The fourth-order valence-electron chi connectivity index (χ4n) is 2.56. The number of hydrogen-bond acceptors (Lipinski definition) is 5. The van der Waals surface area contributed by atoms with Crippen molar-refractivity contribution in [2.75, 3.05) is 5.32 Å². The zero-order chi connectivity index (χ0) is 17.1. The van der Waals surface area contributed by atoms with Crippen molar-refractivity contribution >= 4 is 23.0 Å². The monoisotopic (exact) mass is 344 g/mol. The van der Waals surface area contributed by atoms with Crippen molar-refractivity contribution in [1.29, 1.82) is 0 Å². The van der Waals surface area contributed by atoms with Crippen molar-refractivity contribution in [2.45, 2.75) is 6.92 Å². The molecule has 0 saturated carbocycles. The van der Waals surface area contributed by atoms with E-state index < -0.39 is 0 Å². The maximum absolute atomic E-state index is 4.80. The Labute approximate surface area is 150 Å². The van der Waals surface area contributed by atoms with E-state index in [-0.39, 0.29) is 0 Å². The fourth-order valence-corrected chi connectivity index (χ4v) is 3.48. The van der Waals surface area contributed by atoms with E-state index in [1.54, 1.807) is 29.8 Å². The van der Waals surface area contributed by atoms with Crippen molar-refractivity contribution in [1.82, 2.24) is 15.0 Å². The van der Waals surface area contributed by atoms with Crippen LogP contribution in [0.3, 0.4) is 0 Å². The molecule has 0 radical (unpaired) electrons. The molecule has 2 heterocycles. The predicted octanol–water partition coefficient (Wildman–Crippen LogP) is 5.32. The van der Waals surface area contributed by atoms with Gasteiger partial charge in [0.05, 0.1) is 5.69 Å². The predicted molar refractivity (Wildman–Crippen MR) is 103 cm³/mol. The lowest BCUT2D eigenvalue weighted by Crippen LogP contribution is -1.95. The molecule has 4 nitrogen and oxygen atoms in total. The summed E-state index contributed by atoms with van der Waals surface area (Å²) in [6.07, 6.45) is 3.43. The number of anilines is 2. The lowest BCUT2D eigenvalue weighted by atomic mass is 10.1. The van der Waals surface area contributed by atoms with Gasteiger partial charge in [0.15, 0.2) is 0 Å². The fraction of sp³-hybridized carbons (Fsp3) is 0.0500. The lowest BCUT2D eigenvalue weighted by Gasteiger charge is -2.05. The first-order valence-electron chi connectivity index (χ1n) is 7.95. The van der Waals surface area contributed by atoms with Crippen molar-refractivity contribution in [2.24, 2.45) is 0 Å². The number of benzene rings is 2. The van der Waals surface area contributed by atoms with Gasteiger partial charge in [0.25, 0.3) is 0 Å². The van der Waals surface area contributed by atoms with Gasteiger partial charge in [-0.05, 0) is 30.7 Å². The summed E-state index contributed by atoms with van der Waals surface area (Å²) in [5, 5.41) is 6.33. The van der Waals surface area contributed by atoms with Crippen LogP contribution in [0.15, 0.2) is 72.4 Å². The van der Waals surface area contributed by atoms with Gasteiger partial charge in [0, 0.05) is 34.6 Å². The second-order valence-corrected chi connectivity index (χ2v) is 6.49. The molecule has 1 N–H and O–H groups in total. The summed E-state index contributed by atoms with van der Waals surface area (Å²) < 4.78 is 0. The Kier molecular flexibility index (Phi) is 4.23. The normalized spacial score (nSPS) is 10.6. The highest BCUT2D eigenvalue weighted by Crippen LogP contribution is 2.31. The van der Waals surface area contributed by atoms with Crippen LogP contribution in [0.4, 0.5) is 11.6 Å². The molecule has 0 spiro atoms. The Morgan fingerprint density at radius 1 is 0.880 bits per heavy atom. The summed E-state index contributed by atoms with van der Waals surface area (Å²) in [4.78, 5) is 13.1. The molecular weight excluding hydrogens is 328 g/mol. The molecule has 0 bridgehead atoms. The van der Waals surface area contributed by atoms with Crippen LogP contribution in [0.5, 0.6) is 0 Å². The molecule has 25 heavy (non-hydrogen) atoms. The SMILES string of the molecule is Cc1ccccc1-c1nc(-c2ccc(Nc3ncccn3)cc2)cs1. The van der Waals surface area contributed by atoms with Gasteiger partial charge in [-0.15, -0.1) is 11.3 Å². The third-order valence-corrected chi connectivity index (χ3v) is 4.76. The van der Waals surface area contributed by atoms with E-state index >= 15 is 0 Å². The van der Waals surface area contributed by atoms with Crippen LogP contribution in [0, 0.1) is 6.92 Å². The molecule has 0 atom stereocenters. The van der Waals surface area contributed by atoms with Crippen LogP contribution in [-0.4, -0.2) is 15.0 Å². The van der Waals surface area contributed by atoms with Gasteiger partial charge in [-0.25, -0.2) is 15.0 Å². The minimum Gasteiger partial charge on any atom is -0.324 e. The third kappa shape index (κ3) is 3.41. The molecule has 0 saturated heterocycles. The first-order chi connectivity index (χ1) is 12.3. The first-order valence-corrected chi connectivity index (χ1v) is 8.83. The van der Waals surface area contributed by atoms with Crippen molar-refractivity contribution in [3.05, 3.63) is 77.9 Å². The topological polar surface area (TPSA) is 50.7 Å². The van der Waals surface area contributed by atoms with Crippen LogP contribution < -0.4 is 5.32 Å². The third-order valence-electron chi connectivity index (χ3n) is 3.88. The Balaban J connectivity index is 1.56. The molecule has 0 amide bonds. The molecule has 5 heteroatoms. The summed E-state index contributed by atoms with van der Waals surface area (Å²) in [5.74, 6) is 0.589. The van der Waals surface area contributed by atoms with E-state index in [1.807, 2.05) is 12.1 Å². The molecule has 2 aromatic heterocycles. The minimum atomic E-state index is 0.589. The zero-order valence-electron chi connectivity index (χ0n) is 13.7. The molecule has 0 unspecified atom stereocenters. The molecule has 4 aromatic rings. The number of hydrogen-bond donors (Lipinski definition) is 1. The smallest absolute Gasteiger partial charge is 0.227 e. The molecular formula is C20H16N4S. The van der Waals surface area contributed by atoms with Gasteiger partial charge in [0.1, 0.15) is 5.01 Å². The van der Waals surface area contributed by atoms with Gasteiger partial charge in [-0.3, -0.25) is 0 Å². The van der Waals surface area contributed by atoms with Crippen LogP contribution >= 0.6 is 11.3 Å².